The summed E-state index contributed by atoms with van der Waals surface area (Å²) in [7, 11) is 1.98. The average molecular weight is 265 g/mol. The van der Waals surface area contributed by atoms with Crippen LogP contribution in [0.15, 0.2) is 18.2 Å². The third kappa shape index (κ3) is 5.84. The smallest absolute Gasteiger partial charge is 0.124 e. The molecule has 0 unspecified atom stereocenters. The Kier molecular flexibility index (Phi) is 7.12. The molecule has 0 bridgehead atoms. The summed E-state index contributed by atoms with van der Waals surface area (Å²) in [6.07, 6.45) is 0. The van der Waals surface area contributed by atoms with Crippen molar-refractivity contribution in [2.75, 3.05) is 33.4 Å². The van der Waals surface area contributed by atoms with E-state index in [1.54, 1.807) is 6.07 Å². The van der Waals surface area contributed by atoms with Gasteiger partial charge in [0.05, 0.1) is 6.61 Å². The van der Waals surface area contributed by atoms with Crippen molar-refractivity contribution in [1.29, 1.82) is 0 Å². The van der Waals surface area contributed by atoms with Gasteiger partial charge >= 0.3 is 0 Å². The minimum Gasteiger partial charge on any atom is -0.384 e. The number of aliphatic hydroxyl groups excluding tert-OH is 1. The van der Waals surface area contributed by atoms with Crippen LogP contribution < -0.4 is 0 Å². The Morgan fingerprint density at radius 2 is 2.21 bits per heavy atom. The van der Waals surface area contributed by atoms with Crippen LogP contribution >= 0.6 is 0 Å². The minimum absolute atomic E-state index is 0.226. The van der Waals surface area contributed by atoms with E-state index in [-0.39, 0.29) is 12.4 Å². The van der Waals surface area contributed by atoms with Gasteiger partial charge in [0.25, 0.3) is 0 Å². The zero-order valence-electron chi connectivity index (χ0n) is 11.4. The highest BCUT2D eigenvalue weighted by Gasteiger charge is 2.05. The number of nitrogens with zero attached hydrogens (tertiary/aromatic N) is 1. The minimum atomic E-state index is -0.317. The molecular formula is C15H20FNO2. The first-order chi connectivity index (χ1) is 9.17. The molecule has 1 N–H and O–H groups in total. The van der Waals surface area contributed by atoms with E-state index in [0.29, 0.717) is 25.3 Å². The molecule has 4 heteroatoms. The quantitative estimate of drug-likeness (QED) is 0.627. The van der Waals surface area contributed by atoms with E-state index < -0.39 is 0 Å². The second-order valence-corrected chi connectivity index (χ2v) is 4.20. The normalized spacial score (nSPS) is 10.4. The molecule has 0 amide bonds. The van der Waals surface area contributed by atoms with Crippen molar-refractivity contribution >= 4 is 0 Å². The van der Waals surface area contributed by atoms with E-state index in [1.165, 1.54) is 12.1 Å². The summed E-state index contributed by atoms with van der Waals surface area (Å²) in [6, 6.07) is 4.55. The Bertz CT molecular complexity index is 451. The van der Waals surface area contributed by atoms with Crippen molar-refractivity contribution in [3.05, 3.63) is 35.1 Å². The maximum absolute atomic E-state index is 13.2. The molecule has 0 atom stereocenters. The molecule has 0 spiro atoms. The van der Waals surface area contributed by atoms with Gasteiger partial charge in [0.1, 0.15) is 12.4 Å². The molecule has 3 nitrogen and oxygen atoms in total. The Morgan fingerprint density at radius 3 is 2.89 bits per heavy atom. The summed E-state index contributed by atoms with van der Waals surface area (Å²) >= 11 is 0. The molecule has 0 saturated heterocycles. The first-order valence-corrected chi connectivity index (χ1v) is 6.31. The highest BCUT2D eigenvalue weighted by atomic mass is 19.1. The van der Waals surface area contributed by atoms with E-state index >= 15 is 0 Å². The number of ether oxygens (including phenoxy) is 1. The lowest BCUT2D eigenvalue weighted by atomic mass is 10.1. The monoisotopic (exact) mass is 265 g/mol. The van der Waals surface area contributed by atoms with Gasteiger partial charge in [0, 0.05) is 25.3 Å². The largest absolute Gasteiger partial charge is 0.384 e. The van der Waals surface area contributed by atoms with Gasteiger partial charge in [-0.05, 0) is 31.7 Å². The standard InChI is InChI=1S/C15H20FNO2/c1-3-19-10-8-17(2)12-14-6-7-15(16)11-13(14)5-4-9-18/h6-7,11,18H,3,8-10,12H2,1-2H3. The van der Waals surface area contributed by atoms with Crippen molar-refractivity contribution < 1.29 is 14.2 Å². The summed E-state index contributed by atoms with van der Waals surface area (Å²) in [5, 5.41) is 8.72. The molecule has 0 aliphatic rings. The number of benzene rings is 1. The molecule has 0 heterocycles. The van der Waals surface area contributed by atoms with Crippen molar-refractivity contribution in [3.63, 3.8) is 0 Å². The van der Waals surface area contributed by atoms with Crippen LogP contribution in [0.25, 0.3) is 0 Å². The van der Waals surface area contributed by atoms with Crippen molar-refractivity contribution in [1.82, 2.24) is 4.90 Å². The number of hydrogen-bond donors (Lipinski definition) is 1. The van der Waals surface area contributed by atoms with E-state index in [4.69, 9.17) is 9.84 Å². The van der Waals surface area contributed by atoms with Gasteiger partial charge in [-0.3, -0.25) is 4.90 Å². The molecule has 0 radical (unpaired) electrons. The van der Waals surface area contributed by atoms with Crippen molar-refractivity contribution in [3.8, 4) is 11.8 Å². The number of likely N-dealkylation sites (N-methyl/N-ethyl adjacent to an activating group) is 1. The molecule has 0 fully saturated rings. The van der Waals surface area contributed by atoms with Gasteiger partial charge in [-0.15, -0.1) is 0 Å². The molecule has 0 aliphatic carbocycles. The van der Waals surface area contributed by atoms with Gasteiger partial charge in [0.2, 0.25) is 0 Å². The van der Waals surface area contributed by atoms with Crippen LogP contribution in [0.1, 0.15) is 18.1 Å². The number of rotatable bonds is 6. The van der Waals surface area contributed by atoms with Crippen LogP contribution in [0, 0.1) is 17.7 Å². The summed E-state index contributed by atoms with van der Waals surface area (Å²) in [6.45, 7) is 4.59. The molecule has 0 aromatic heterocycles. The Hall–Kier alpha value is -1.41. The molecule has 1 aromatic rings. The third-order valence-corrected chi connectivity index (χ3v) is 2.64. The SMILES string of the molecule is CCOCCN(C)Cc1ccc(F)cc1C#CCO. The lowest BCUT2D eigenvalue weighted by Crippen LogP contribution is -2.23. The van der Waals surface area contributed by atoms with Crippen LogP contribution in [-0.2, 0) is 11.3 Å². The fourth-order valence-corrected chi connectivity index (χ4v) is 1.67. The predicted molar refractivity (Wildman–Crippen MR) is 73.2 cm³/mol. The van der Waals surface area contributed by atoms with Gasteiger partial charge in [0.15, 0.2) is 0 Å². The van der Waals surface area contributed by atoms with Crippen LogP contribution in [-0.4, -0.2) is 43.4 Å². The van der Waals surface area contributed by atoms with Crippen LogP contribution in [0.4, 0.5) is 4.39 Å². The fourth-order valence-electron chi connectivity index (χ4n) is 1.67. The second kappa shape index (κ2) is 8.65. The second-order valence-electron chi connectivity index (χ2n) is 4.20. The van der Waals surface area contributed by atoms with E-state index in [9.17, 15) is 4.39 Å². The maximum Gasteiger partial charge on any atom is 0.124 e. The molecule has 1 rings (SSSR count). The van der Waals surface area contributed by atoms with E-state index in [1.807, 2.05) is 14.0 Å². The zero-order chi connectivity index (χ0) is 14.1. The number of hydrogen-bond acceptors (Lipinski definition) is 3. The molecule has 0 saturated carbocycles. The molecule has 1 aromatic carbocycles. The number of aliphatic hydroxyl groups is 1. The first-order valence-electron chi connectivity index (χ1n) is 6.31. The Labute approximate surface area is 114 Å². The van der Waals surface area contributed by atoms with Crippen molar-refractivity contribution in [2.45, 2.75) is 13.5 Å². The van der Waals surface area contributed by atoms with Gasteiger partial charge in [-0.1, -0.05) is 17.9 Å². The average Bonchev–Trinajstić information content (AvgIpc) is 2.39. The summed E-state index contributed by atoms with van der Waals surface area (Å²) in [5.74, 6) is 5.02. The van der Waals surface area contributed by atoms with Crippen LogP contribution in [0.5, 0.6) is 0 Å². The van der Waals surface area contributed by atoms with Gasteiger partial charge < -0.3 is 9.84 Å². The molecule has 0 aliphatic heterocycles. The van der Waals surface area contributed by atoms with Gasteiger partial charge in [-0.25, -0.2) is 4.39 Å². The number of halogens is 1. The first kappa shape index (κ1) is 15.6. The maximum atomic E-state index is 13.2. The molecule has 19 heavy (non-hydrogen) atoms. The highest BCUT2D eigenvalue weighted by Crippen LogP contribution is 2.12. The molecule has 104 valence electrons. The fraction of sp³-hybridized carbons (Fsp3) is 0.467. The topological polar surface area (TPSA) is 32.7 Å². The Morgan fingerprint density at radius 1 is 1.42 bits per heavy atom. The Balaban J connectivity index is 2.71. The molecular weight excluding hydrogens is 245 g/mol. The summed E-state index contributed by atoms with van der Waals surface area (Å²) in [4.78, 5) is 2.09. The van der Waals surface area contributed by atoms with E-state index in [0.717, 1.165) is 12.1 Å². The zero-order valence-corrected chi connectivity index (χ0v) is 11.4. The highest BCUT2D eigenvalue weighted by molar-refractivity contribution is 5.41. The van der Waals surface area contributed by atoms with E-state index in [2.05, 4.69) is 16.7 Å². The summed E-state index contributed by atoms with van der Waals surface area (Å²) in [5.41, 5.74) is 1.57. The van der Waals surface area contributed by atoms with Crippen LogP contribution in [0.2, 0.25) is 0 Å². The predicted octanol–water partition coefficient (Wildman–Crippen LogP) is 1.64. The summed E-state index contributed by atoms with van der Waals surface area (Å²) < 4.78 is 18.5. The van der Waals surface area contributed by atoms with Crippen LogP contribution in [0.3, 0.4) is 0 Å². The van der Waals surface area contributed by atoms with Crippen molar-refractivity contribution in [2.24, 2.45) is 0 Å². The van der Waals surface area contributed by atoms with Gasteiger partial charge in [-0.2, -0.15) is 0 Å². The lowest BCUT2D eigenvalue weighted by Gasteiger charge is -2.17. The lowest BCUT2D eigenvalue weighted by molar-refractivity contribution is 0.120. The third-order valence-electron chi connectivity index (χ3n) is 2.64.